The zero-order valence-electron chi connectivity index (χ0n) is 14.3. The molecule has 3 N–H and O–H groups in total. The normalized spacial score (nSPS) is 14.7. The Bertz CT molecular complexity index is 914. The van der Waals surface area contributed by atoms with Gasteiger partial charge in [-0.05, 0) is 25.0 Å². The number of rotatable bonds is 6. The zero-order chi connectivity index (χ0) is 18.7. The van der Waals surface area contributed by atoms with Crippen LogP contribution in [-0.4, -0.2) is 32.6 Å². The third kappa shape index (κ3) is 3.62. The molecule has 1 aromatic carbocycles. The number of carboxylic acid groups (broad SMARTS) is 1. The molecule has 0 aliphatic carbocycles. The number of para-hydroxylation sites is 1. The van der Waals surface area contributed by atoms with Crippen LogP contribution in [0.3, 0.4) is 0 Å². The number of carbonyl (C=O) groups is 2. The summed E-state index contributed by atoms with van der Waals surface area (Å²) < 4.78 is 0.799. The second-order valence-corrected chi connectivity index (χ2v) is 6.04. The summed E-state index contributed by atoms with van der Waals surface area (Å²) in [5.41, 5.74) is -0.941. The van der Waals surface area contributed by atoms with Gasteiger partial charge in [-0.1, -0.05) is 32.4 Å². The van der Waals surface area contributed by atoms with Gasteiger partial charge in [0.05, 0.1) is 10.9 Å². The van der Waals surface area contributed by atoms with Crippen LogP contribution in [0.5, 0.6) is 0 Å². The lowest BCUT2D eigenvalue weighted by molar-refractivity contribution is -0.143. The van der Waals surface area contributed by atoms with Crippen LogP contribution >= 0.6 is 0 Å². The molecular formula is C17H21N3O5. The molecule has 1 heterocycles. The van der Waals surface area contributed by atoms with E-state index in [9.17, 15) is 24.3 Å². The van der Waals surface area contributed by atoms with Gasteiger partial charge in [0.1, 0.15) is 12.1 Å². The number of aromatic nitrogens is 2. The number of nitrogens with one attached hydrogen (secondary N) is 2. The largest absolute Gasteiger partial charge is 0.480 e. The summed E-state index contributed by atoms with van der Waals surface area (Å²) in [4.78, 5) is 51.1. The van der Waals surface area contributed by atoms with Gasteiger partial charge in [0.2, 0.25) is 5.91 Å². The molecule has 0 radical (unpaired) electrons. The van der Waals surface area contributed by atoms with Crippen LogP contribution in [0.15, 0.2) is 33.9 Å². The Labute approximate surface area is 143 Å². The van der Waals surface area contributed by atoms with Gasteiger partial charge in [-0.25, -0.2) is 14.2 Å². The molecule has 0 bridgehead atoms. The van der Waals surface area contributed by atoms with Crippen molar-refractivity contribution in [2.24, 2.45) is 5.92 Å². The lowest BCUT2D eigenvalue weighted by atomic mass is 9.99. The maximum Gasteiger partial charge on any atom is 0.329 e. The van der Waals surface area contributed by atoms with Crippen molar-refractivity contribution in [2.75, 3.05) is 0 Å². The molecule has 0 fully saturated rings. The minimum absolute atomic E-state index is 0.276. The van der Waals surface area contributed by atoms with E-state index < -0.39 is 35.2 Å². The molecule has 134 valence electrons. The van der Waals surface area contributed by atoms with E-state index in [4.69, 9.17) is 0 Å². The molecule has 25 heavy (non-hydrogen) atoms. The Balaban J connectivity index is 2.40. The van der Waals surface area contributed by atoms with Crippen molar-refractivity contribution in [2.45, 2.75) is 39.3 Å². The predicted octanol–water partition coefficient (Wildman–Crippen LogP) is 0.866. The predicted molar refractivity (Wildman–Crippen MR) is 92.6 cm³/mol. The zero-order valence-corrected chi connectivity index (χ0v) is 14.3. The van der Waals surface area contributed by atoms with Crippen molar-refractivity contribution in [3.63, 3.8) is 0 Å². The van der Waals surface area contributed by atoms with Crippen molar-refractivity contribution in [1.82, 2.24) is 14.9 Å². The number of carboxylic acids is 1. The van der Waals surface area contributed by atoms with Crippen LogP contribution in [0.2, 0.25) is 0 Å². The Morgan fingerprint density at radius 3 is 2.48 bits per heavy atom. The molecule has 1 amide bonds. The van der Waals surface area contributed by atoms with E-state index in [1.807, 2.05) is 6.92 Å². The summed E-state index contributed by atoms with van der Waals surface area (Å²) in [5.74, 6) is -2.15. The van der Waals surface area contributed by atoms with Gasteiger partial charge < -0.3 is 15.4 Å². The Kier molecular flexibility index (Phi) is 5.41. The van der Waals surface area contributed by atoms with Crippen molar-refractivity contribution in [3.05, 3.63) is 45.1 Å². The average Bonchev–Trinajstić information content (AvgIpc) is 2.58. The number of nitrogens with zero attached hydrogens (tertiary/aromatic N) is 1. The fraction of sp³-hybridized carbons (Fsp3) is 0.412. The SMILES string of the molecule is CC[C@@H](C)[C@@H](NC(=O)[C@@H](C)n1c(=O)[nH]c2ccccc2c1=O)C(=O)O. The van der Waals surface area contributed by atoms with E-state index in [0.29, 0.717) is 11.9 Å². The van der Waals surface area contributed by atoms with Gasteiger partial charge in [0.15, 0.2) is 0 Å². The molecule has 8 heteroatoms. The number of fused-ring (bicyclic) bond motifs is 1. The summed E-state index contributed by atoms with van der Waals surface area (Å²) in [6, 6.07) is 4.24. The number of aliphatic carboxylic acids is 1. The molecule has 0 saturated heterocycles. The van der Waals surface area contributed by atoms with Gasteiger partial charge in [-0.3, -0.25) is 9.59 Å². The summed E-state index contributed by atoms with van der Waals surface area (Å²) in [6.45, 7) is 4.91. The summed E-state index contributed by atoms with van der Waals surface area (Å²) in [7, 11) is 0. The van der Waals surface area contributed by atoms with Crippen molar-refractivity contribution in [1.29, 1.82) is 0 Å². The second kappa shape index (κ2) is 7.33. The van der Waals surface area contributed by atoms with Crippen LogP contribution < -0.4 is 16.6 Å². The van der Waals surface area contributed by atoms with Crippen LogP contribution in [-0.2, 0) is 9.59 Å². The lowest BCUT2D eigenvalue weighted by Gasteiger charge is -2.22. The van der Waals surface area contributed by atoms with Crippen LogP contribution in [0.4, 0.5) is 0 Å². The number of hydrogen-bond donors (Lipinski definition) is 3. The van der Waals surface area contributed by atoms with Gasteiger partial charge in [0.25, 0.3) is 5.56 Å². The van der Waals surface area contributed by atoms with E-state index in [-0.39, 0.29) is 11.3 Å². The Hall–Kier alpha value is -2.90. The van der Waals surface area contributed by atoms with Crippen molar-refractivity contribution in [3.8, 4) is 0 Å². The first-order chi connectivity index (χ1) is 11.8. The molecule has 0 spiro atoms. The molecule has 1 aromatic heterocycles. The number of benzene rings is 1. The third-order valence-electron chi connectivity index (χ3n) is 4.38. The highest BCUT2D eigenvalue weighted by Crippen LogP contribution is 2.11. The van der Waals surface area contributed by atoms with Crippen molar-refractivity contribution < 1.29 is 14.7 Å². The van der Waals surface area contributed by atoms with E-state index in [2.05, 4.69) is 10.3 Å². The summed E-state index contributed by atoms with van der Waals surface area (Å²) in [5, 5.41) is 12.0. The molecular weight excluding hydrogens is 326 g/mol. The molecule has 2 aromatic rings. The van der Waals surface area contributed by atoms with E-state index >= 15 is 0 Å². The topological polar surface area (TPSA) is 121 Å². The molecule has 2 rings (SSSR count). The van der Waals surface area contributed by atoms with Gasteiger partial charge in [0, 0.05) is 0 Å². The average molecular weight is 347 g/mol. The summed E-state index contributed by atoms with van der Waals surface area (Å²) >= 11 is 0. The second-order valence-electron chi connectivity index (χ2n) is 6.04. The van der Waals surface area contributed by atoms with E-state index in [1.165, 1.54) is 6.92 Å². The number of H-pyrrole nitrogens is 1. The molecule has 0 unspecified atom stereocenters. The number of hydrogen-bond acceptors (Lipinski definition) is 4. The minimum Gasteiger partial charge on any atom is -0.480 e. The van der Waals surface area contributed by atoms with Crippen molar-refractivity contribution >= 4 is 22.8 Å². The van der Waals surface area contributed by atoms with E-state index in [1.54, 1.807) is 31.2 Å². The number of aromatic amines is 1. The van der Waals surface area contributed by atoms with Crippen LogP contribution in [0.25, 0.3) is 10.9 Å². The minimum atomic E-state index is -1.16. The fourth-order valence-corrected chi connectivity index (χ4v) is 2.60. The maximum atomic E-state index is 12.6. The maximum absolute atomic E-state index is 12.6. The highest BCUT2D eigenvalue weighted by Gasteiger charge is 2.29. The highest BCUT2D eigenvalue weighted by atomic mass is 16.4. The molecule has 0 aliphatic rings. The standard InChI is InChI=1S/C17H21N3O5/c1-4-9(2)13(16(23)24)19-14(21)10(3)20-15(22)11-7-5-6-8-12(11)18-17(20)25/h5-10,13H,4H2,1-3H3,(H,18,25)(H,19,21)(H,23,24)/t9-,10-,13-/m1/s1. The number of amides is 1. The molecule has 8 nitrogen and oxygen atoms in total. The Morgan fingerprint density at radius 2 is 1.88 bits per heavy atom. The first-order valence-corrected chi connectivity index (χ1v) is 8.04. The van der Waals surface area contributed by atoms with Crippen LogP contribution in [0.1, 0.15) is 33.2 Å². The summed E-state index contributed by atoms with van der Waals surface area (Å²) in [6.07, 6.45) is 0.558. The third-order valence-corrected chi connectivity index (χ3v) is 4.38. The highest BCUT2D eigenvalue weighted by molar-refractivity contribution is 5.86. The first kappa shape index (κ1) is 18.4. The Morgan fingerprint density at radius 1 is 1.24 bits per heavy atom. The van der Waals surface area contributed by atoms with E-state index in [0.717, 1.165) is 4.57 Å². The van der Waals surface area contributed by atoms with Gasteiger partial charge in [-0.15, -0.1) is 0 Å². The molecule has 3 atom stereocenters. The smallest absolute Gasteiger partial charge is 0.329 e. The lowest BCUT2D eigenvalue weighted by Crippen LogP contribution is -2.50. The first-order valence-electron chi connectivity index (χ1n) is 8.04. The van der Waals surface area contributed by atoms with Gasteiger partial charge >= 0.3 is 11.7 Å². The number of carbonyl (C=O) groups excluding carboxylic acids is 1. The monoisotopic (exact) mass is 347 g/mol. The quantitative estimate of drug-likeness (QED) is 0.716. The molecule has 0 aliphatic heterocycles. The van der Waals surface area contributed by atoms with Gasteiger partial charge in [-0.2, -0.15) is 0 Å². The molecule has 0 saturated carbocycles. The van der Waals surface area contributed by atoms with Crippen LogP contribution in [0, 0.1) is 5.92 Å². The fourth-order valence-electron chi connectivity index (χ4n) is 2.60.